The summed E-state index contributed by atoms with van der Waals surface area (Å²) in [5.41, 5.74) is 6.36. The quantitative estimate of drug-likeness (QED) is 0.129. The number of benzene rings is 2. The second-order valence-corrected chi connectivity index (χ2v) is 13.0. The molecule has 2 aromatic carbocycles. The lowest BCUT2D eigenvalue weighted by Crippen LogP contribution is -2.26. The lowest BCUT2D eigenvalue weighted by Gasteiger charge is -2.09. The summed E-state index contributed by atoms with van der Waals surface area (Å²) in [6.45, 7) is 0. The second-order valence-electron chi connectivity index (χ2n) is 11.4. The summed E-state index contributed by atoms with van der Waals surface area (Å²) in [6.07, 6.45) is 7.73. The van der Waals surface area contributed by atoms with E-state index in [1.807, 2.05) is 48.5 Å². The number of amides is 4. The molecule has 2 aliphatic heterocycles. The van der Waals surface area contributed by atoms with Crippen molar-refractivity contribution in [1.82, 2.24) is 19.8 Å². The largest absolute Gasteiger partial charge is 0.358 e. The average molecular weight is 720 g/mol. The Labute approximate surface area is 271 Å². The highest BCUT2D eigenvalue weighted by molar-refractivity contribution is 9.12. The first-order valence-corrected chi connectivity index (χ1v) is 16.4. The second kappa shape index (κ2) is 12.3. The van der Waals surface area contributed by atoms with Gasteiger partial charge in [0.2, 0.25) is 0 Å². The zero-order valence-electron chi connectivity index (χ0n) is 24.6. The number of imide groups is 2. The third kappa shape index (κ3) is 5.17. The summed E-state index contributed by atoms with van der Waals surface area (Å²) in [4.78, 5) is 60.2. The van der Waals surface area contributed by atoms with Gasteiger partial charge >= 0.3 is 0 Å². The molecular weight excluding hydrogens is 688 g/mol. The van der Waals surface area contributed by atoms with Gasteiger partial charge in [-0.05, 0) is 69.7 Å². The van der Waals surface area contributed by atoms with E-state index >= 15 is 0 Å². The monoisotopic (exact) mass is 718 g/mol. The van der Waals surface area contributed by atoms with E-state index in [1.54, 1.807) is 0 Å². The number of carbonyl (C=O) groups is 4. The third-order valence-electron chi connectivity index (χ3n) is 8.63. The zero-order chi connectivity index (χ0) is 31.1. The molecule has 0 fully saturated rings. The molecule has 2 aromatic heterocycles. The number of hydrogen-bond acceptors (Lipinski definition) is 4. The first-order chi connectivity index (χ1) is 21.2. The Morgan fingerprint density at radius 2 is 0.909 bits per heavy atom. The van der Waals surface area contributed by atoms with Crippen LogP contribution in [0.25, 0.3) is 33.0 Å². The van der Waals surface area contributed by atoms with Gasteiger partial charge in [-0.3, -0.25) is 29.0 Å². The van der Waals surface area contributed by atoms with Crippen molar-refractivity contribution in [2.75, 3.05) is 14.1 Å². The van der Waals surface area contributed by atoms with Gasteiger partial charge in [0.05, 0.1) is 20.1 Å². The maximum Gasteiger partial charge on any atom is 0.268 e. The van der Waals surface area contributed by atoms with Crippen molar-refractivity contribution in [3.05, 3.63) is 80.0 Å². The van der Waals surface area contributed by atoms with Gasteiger partial charge in [-0.2, -0.15) is 0 Å². The molecule has 44 heavy (non-hydrogen) atoms. The Morgan fingerprint density at radius 3 is 1.27 bits per heavy atom. The predicted molar refractivity (Wildman–Crippen MR) is 179 cm³/mol. The van der Waals surface area contributed by atoms with Gasteiger partial charge in [-0.1, -0.05) is 62.1 Å². The fraction of sp³-hybridized carbons (Fsp3) is 0.294. The van der Waals surface area contributed by atoms with Crippen LogP contribution in [0.4, 0.5) is 0 Å². The Bertz CT molecular complexity index is 1780. The lowest BCUT2D eigenvalue weighted by molar-refractivity contribution is -0.136. The minimum Gasteiger partial charge on any atom is -0.358 e. The summed E-state index contributed by atoms with van der Waals surface area (Å²) in [7, 11) is 3.02. The maximum atomic E-state index is 13.0. The Hall–Kier alpha value is -3.76. The maximum absolute atomic E-state index is 13.0. The Kier molecular flexibility index (Phi) is 8.48. The molecule has 0 saturated carbocycles. The number of halogens is 2. The van der Waals surface area contributed by atoms with Crippen molar-refractivity contribution in [2.24, 2.45) is 0 Å². The molecule has 0 unspecified atom stereocenters. The van der Waals surface area contributed by atoms with Crippen LogP contribution in [0.15, 0.2) is 57.5 Å². The number of aromatic nitrogens is 2. The van der Waals surface area contributed by atoms with Crippen LogP contribution in [0.3, 0.4) is 0 Å². The number of nitrogens with zero attached hydrogens (tertiary/aromatic N) is 2. The number of rotatable bonds is 11. The number of H-pyrrole nitrogens is 2. The van der Waals surface area contributed by atoms with Gasteiger partial charge in [0, 0.05) is 58.4 Å². The van der Waals surface area contributed by atoms with E-state index in [0.29, 0.717) is 20.1 Å². The Balaban J connectivity index is 1.07. The fourth-order valence-electron chi connectivity index (χ4n) is 6.30. The van der Waals surface area contributed by atoms with E-state index in [4.69, 9.17) is 0 Å². The first-order valence-electron chi connectivity index (χ1n) is 14.8. The van der Waals surface area contributed by atoms with Crippen molar-refractivity contribution in [3.63, 3.8) is 0 Å². The summed E-state index contributed by atoms with van der Waals surface area (Å²) >= 11 is 6.77. The normalized spacial score (nSPS) is 15.9. The summed E-state index contributed by atoms with van der Waals surface area (Å²) < 4.78 is 0.627. The van der Waals surface area contributed by atoms with Crippen LogP contribution in [0.2, 0.25) is 0 Å². The molecule has 4 aromatic rings. The molecule has 6 rings (SSSR count). The van der Waals surface area contributed by atoms with Gasteiger partial charge in [0.25, 0.3) is 23.6 Å². The lowest BCUT2D eigenvalue weighted by atomic mass is 9.98. The van der Waals surface area contributed by atoms with Gasteiger partial charge in [0.15, 0.2) is 0 Å². The molecule has 0 spiro atoms. The molecule has 2 aliphatic rings. The molecule has 0 saturated heterocycles. The zero-order valence-corrected chi connectivity index (χ0v) is 27.7. The molecule has 0 bridgehead atoms. The molecule has 2 N–H and O–H groups in total. The molecule has 4 amide bonds. The van der Waals surface area contributed by atoms with Crippen molar-refractivity contribution < 1.29 is 19.2 Å². The smallest absolute Gasteiger partial charge is 0.268 e. The number of aryl methyl sites for hydroxylation is 2. The molecule has 4 heterocycles. The first kappa shape index (κ1) is 30.3. The molecule has 0 aliphatic carbocycles. The van der Waals surface area contributed by atoms with Crippen LogP contribution in [0.5, 0.6) is 0 Å². The molecule has 226 valence electrons. The highest BCUT2D eigenvalue weighted by Crippen LogP contribution is 2.40. The number of fused-ring (bicyclic) bond motifs is 2. The summed E-state index contributed by atoms with van der Waals surface area (Å²) in [6, 6.07) is 15.8. The van der Waals surface area contributed by atoms with Crippen LogP contribution in [-0.4, -0.2) is 57.5 Å². The number of likely N-dealkylation sites (N-methyl/N-ethyl adjacent to an activating group) is 2. The number of carbonyl (C=O) groups excluding carboxylic acids is 4. The van der Waals surface area contributed by atoms with Crippen LogP contribution in [0, 0.1) is 0 Å². The van der Waals surface area contributed by atoms with Gasteiger partial charge in [-0.25, -0.2) is 0 Å². The minimum absolute atomic E-state index is 0.287. The number of aromatic amines is 2. The van der Waals surface area contributed by atoms with Crippen LogP contribution >= 0.6 is 31.9 Å². The highest BCUT2D eigenvalue weighted by Gasteiger charge is 2.38. The minimum atomic E-state index is -0.319. The van der Waals surface area contributed by atoms with Crippen LogP contribution < -0.4 is 0 Å². The fourth-order valence-corrected chi connectivity index (χ4v) is 7.57. The van der Waals surface area contributed by atoms with E-state index in [2.05, 4.69) is 41.8 Å². The predicted octanol–water partition coefficient (Wildman–Crippen LogP) is 6.98. The van der Waals surface area contributed by atoms with Crippen molar-refractivity contribution >= 4 is 88.4 Å². The van der Waals surface area contributed by atoms with Crippen molar-refractivity contribution in [1.29, 1.82) is 0 Å². The van der Waals surface area contributed by atoms with Gasteiger partial charge in [-0.15, -0.1) is 0 Å². The summed E-state index contributed by atoms with van der Waals surface area (Å²) in [5.74, 6) is -1.21. The van der Waals surface area contributed by atoms with E-state index in [9.17, 15) is 19.2 Å². The molecular formula is C34H32Br2N4O4. The van der Waals surface area contributed by atoms with E-state index in [1.165, 1.54) is 14.1 Å². The number of unbranched alkanes of at least 4 members (excludes halogenated alkanes) is 5. The highest BCUT2D eigenvalue weighted by atomic mass is 79.9. The van der Waals surface area contributed by atoms with Crippen LogP contribution in [0.1, 0.15) is 61.0 Å². The Morgan fingerprint density at radius 1 is 0.545 bits per heavy atom. The molecule has 0 radical (unpaired) electrons. The molecule has 8 nitrogen and oxygen atoms in total. The molecule has 10 heteroatoms. The van der Waals surface area contributed by atoms with Crippen LogP contribution in [-0.2, 0) is 32.0 Å². The topological polar surface area (TPSA) is 106 Å². The number of nitrogens with one attached hydrogen (secondary N) is 2. The van der Waals surface area contributed by atoms with Gasteiger partial charge in [0.1, 0.15) is 0 Å². The number of para-hydroxylation sites is 2. The SMILES string of the molecule is CN1C(=O)C(Br)=C(c2c(CCCCCCCCc3[nH]c4ccccc4c3C3=C(Br)C(=O)N(C)C3=O)[nH]c3ccccc23)C1=O. The van der Waals surface area contributed by atoms with Crippen molar-refractivity contribution in [2.45, 2.75) is 51.4 Å². The average Bonchev–Trinajstić information content (AvgIpc) is 3.68. The van der Waals surface area contributed by atoms with Gasteiger partial charge < -0.3 is 9.97 Å². The van der Waals surface area contributed by atoms with E-state index in [-0.39, 0.29) is 23.6 Å². The van der Waals surface area contributed by atoms with E-state index < -0.39 is 0 Å². The van der Waals surface area contributed by atoms with E-state index in [0.717, 1.165) is 105 Å². The third-order valence-corrected chi connectivity index (χ3v) is 10.1. The standard InChI is InChI=1S/C34H32Br2N4O4/c1-39-31(41)27(29(35)33(39)43)25-19-13-9-11-15-21(19)37-23(25)17-7-5-3-4-6-8-18-24-26(20-14-10-12-16-22(20)38-24)28-30(36)34(44)40(2)32(28)42/h9-16,37-38H,3-8,17-18H2,1-2H3. The van der Waals surface area contributed by atoms with Crippen molar-refractivity contribution in [3.8, 4) is 0 Å². The summed E-state index contributed by atoms with van der Waals surface area (Å²) in [5, 5.41) is 1.89. The number of hydrogen-bond donors (Lipinski definition) is 2. The molecule has 0 atom stereocenters.